The van der Waals surface area contributed by atoms with Gasteiger partial charge in [-0.15, -0.1) is 0 Å². The van der Waals surface area contributed by atoms with E-state index in [0.717, 1.165) is 58.4 Å². The Bertz CT molecular complexity index is 233. The summed E-state index contributed by atoms with van der Waals surface area (Å²) < 4.78 is 5.46. The normalized spacial score (nSPS) is 24.1. The largest absolute Gasteiger partial charge is 0.481 e. The average Bonchev–Trinajstić information content (AvgIpc) is 2.38. The van der Waals surface area contributed by atoms with Crippen LogP contribution >= 0.6 is 0 Å². The van der Waals surface area contributed by atoms with E-state index in [0.29, 0.717) is 5.92 Å². The highest BCUT2D eigenvalue weighted by Gasteiger charge is 2.30. The Balaban J connectivity index is 2.07. The molecule has 2 N–H and O–H groups in total. The first kappa shape index (κ1) is 15.4. The zero-order valence-electron chi connectivity index (χ0n) is 11.5. The summed E-state index contributed by atoms with van der Waals surface area (Å²) in [7, 11) is 0. The number of carbonyl (C=O) groups is 1. The van der Waals surface area contributed by atoms with Crippen LogP contribution in [0, 0.1) is 11.8 Å². The molecule has 18 heavy (non-hydrogen) atoms. The Morgan fingerprint density at radius 3 is 2.83 bits per heavy atom. The Morgan fingerprint density at radius 2 is 2.11 bits per heavy atom. The molecule has 1 fully saturated rings. The molecule has 4 nitrogen and oxygen atoms in total. The number of ether oxygens (including phenoxy) is 1. The second-order valence-corrected chi connectivity index (χ2v) is 5.16. The predicted octanol–water partition coefficient (Wildman–Crippen LogP) is 2.28. The molecule has 4 heteroatoms. The van der Waals surface area contributed by atoms with Crippen molar-refractivity contribution in [1.82, 2.24) is 5.32 Å². The summed E-state index contributed by atoms with van der Waals surface area (Å²) in [6.45, 7) is 5.35. The molecule has 1 aliphatic rings. The van der Waals surface area contributed by atoms with Crippen LogP contribution in [0.5, 0.6) is 0 Å². The number of carboxylic acid groups (broad SMARTS) is 1. The van der Waals surface area contributed by atoms with Crippen LogP contribution in [0.25, 0.3) is 0 Å². The molecule has 1 rings (SSSR count). The maximum atomic E-state index is 11.1. The molecule has 0 aromatic heterocycles. The molecule has 0 saturated heterocycles. The highest BCUT2D eigenvalue weighted by atomic mass is 16.5. The lowest BCUT2D eigenvalue weighted by Gasteiger charge is -2.28. The first-order valence-corrected chi connectivity index (χ1v) is 7.27. The van der Waals surface area contributed by atoms with Crippen molar-refractivity contribution in [2.75, 3.05) is 26.3 Å². The molecule has 0 radical (unpaired) electrons. The summed E-state index contributed by atoms with van der Waals surface area (Å²) in [6, 6.07) is 0. The van der Waals surface area contributed by atoms with Crippen molar-refractivity contribution in [3.8, 4) is 0 Å². The van der Waals surface area contributed by atoms with E-state index in [-0.39, 0.29) is 5.92 Å². The van der Waals surface area contributed by atoms with Gasteiger partial charge in [-0.2, -0.15) is 0 Å². The molecule has 0 aromatic carbocycles. The van der Waals surface area contributed by atoms with E-state index in [2.05, 4.69) is 12.2 Å². The monoisotopic (exact) mass is 257 g/mol. The molecule has 1 aliphatic carbocycles. The Morgan fingerprint density at radius 1 is 1.33 bits per heavy atom. The van der Waals surface area contributed by atoms with E-state index in [4.69, 9.17) is 9.84 Å². The van der Waals surface area contributed by atoms with Crippen LogP contribution in [0.1, 0.15) is 45.4 Å². The molecular formula is C14H27NO3. The molecule has 1 saturated carbocycles. The lowest BCUT2D eigenvalue weighted by molar-refractivity contribution is -0.144. The third kappa shape index (κ3) is 5.83. The third-order valence-electron chi connectivity index (χ3n) is 3.70. The van der Waals surface area contributed by atoms with Crippen LogP contribution in [0.15, 0.2) is 0 Å². The van der Waals surface area contributed by atoms with Crippen LogP contribution < -0.4 is 5.32 Å². The topological polar surface area (TPSA) is 58.6 Å². The molecule has 0 bridgehead atoms. The maximum absolute atomic E-state index is 11.1. The van der Waals surface area contributed by atoms with Gasteiger partial charge in [0, 0.05) is 13.2 Å². The van der Waals surface area contributed by atoms with E-state index in [9.17, 15) is 4.79 Å². The summed E-state index contributed by atoms with van der Waals surface area (Å²) in [6.07, 6.45) is 6.39. The zero-order valence-corrected chi connectivity index (χ0v) is 11.5. The maximum Gasteiger partial charge on any atom is 0.306 e. The van der Waals surface area contributed by atoms with Crippen LogP contribution in [0.3, 0.4) is 0 Å². The van der Waals surface area contributed by atoms with Gasteiger partial charge < -0.3 is 15.2 Å². The first-order chi connectivity index (χ1) is 8.75. The fraction of sp³-hybridized carbons (Fsp3) is 0.929. The third-order valence-corrected chi connectivity index (χ3v) is 3.70. The molecule has 0 aromatic rings. The number of nitrogens with one attached hydrogen (secondary N) is 1. The van der Waals surface area contributed by atoms with Gasteiger partial charge in [-0.3, -0.25) is 4.79 Å². The van der Waals surface area contributed by atoms with Crippen molar-refractivity contribution in [1.29, 1.82) is 0 Å². The summed E-state index contributed by atoms with van der Waals surface area (Å²) >= 11 is 0. The zero-order chi connectivity index (χ0) is 13.2. The summed E-state index contributed by atoms with van der Waals surface area (Å²) in [5, 5.41) is 12.5. The van der Waals surface area contributed by atoms with Crippen LogP contribution in [0.2, 0.25) is 0 Å². The van der Waals surface area contributed by atoms with Gasteiger partial charge in [0.2, 0.25) is 0 Å². The molecule has 0 spiro atoms. The second-order valence-electron chi connectivity index (χ2n) is 5.16. The molecule has 2 atom stereocenters. The summed E-state index contributed by atoms with van der Waals surface area (Å²) in [5.74, 6) is -0.472. The summed E-state index contributed by atoms with van der Waals surface area (Å²) in [5.41, 5.74) is 0. The average molecular weight is 257 g/mol. The highest BCUT2D eigenvalue weighted by molar-refractivity contribution is 5.70. The van der Waals surface area contributed by atoms with Gasteiger partial charge in [0.1, 0.15) is 0 Å². The van der Waals surface area contributed by atoms with Crippen LogP contribution in [0.4, 0.5) is 0 Å². The van der Waals surface area contributed by atoms with Crippen LogP contribution in [-0.2, 0) is 9.53 Å². The number of hydrogen-bond acceptors (Lipinski definition) is 3. The van der Waals surface area contributed by atoms with E-state index < -0.39 is 5.97 Å². The number of carboxylic acids is 1. The molecule has 0 amide bonds. The number of rotatable bonds is 9. The minimum atomic E-state index is -0.624. The standard InChI is InChI=1S/C14H27NO3/c1-2-3-9-18-10-8-15-11-12-6-4-5-7-13(12)14(16)17/h12-13,15H,2-11H2,1H3,(H,16,17). The van der Waals surface area contributed by atoms with Crippen molar-refractivity contribution < 1.29 is 14.6 Å². The number of aliphatic carboxylic acids is 1. The second kappa shape index (κ2) is 9.34. The quantitative estimate of drug-likeness (QED) is 0.622. The van der Waals surface area contributed by atoms with E-state index >= 15 is 0 Å². The Hall–Kier alpha value is -0.610. The van der Waals surface area contributed by atoms with Crippen molar-refractivity contribution in [3.05, 3.63) is 0 Å². The SMILES string of the molecule is CCCCOCCNCC1CCCCC1C(=O)O. The fourth-order valence-corrected chi connectivity index (χ4v) is 2.56. The lowest BCUT2D eigenvalue weighted by Crippen LogP contribution is -2.35. The number of unbranched alkanes of at least 4 members (excludes halogenated alkanes) is 1. The molecular weight excluding hydrogens is 230 g/mol. The van der Waals surface area contributed by atoms with E-state index in [1.54, 1.807) is 0 Å². The Kier molecular flexibility index (Phi) is 8.01. The molecule has 106 valence electrons. The minimum absolute atomic E-state index is 0.146. The lowest BCUT2D eigenvalue weighted by atomic mass is 9.79. The van der Waals surface area contributed by atoms with Gasteiger partial charge in [0.25, 0.3) is 0 Å². The first-order valence-electron chi connectivity index (χ1n) is 7.27. The highest BCUT2D eigenvalue weighted by Crippen LogP contribution is 2.29. The van der Waals surface area contributed by atoms with Crippen molar-refractivity contribution in [2.45, 2.75) is 45.4 Å². The Labute approximate surface area is 110 Å². The summed E-state index contributed by atoms with van der Waals surface area (Å²) in [4.78, 5) is 11.1. The van der Waals surface area contributed by atoms with Gasteiger partial charge >= 0.3 is 5.97 Å². The van der Waals surface area contributed by atoms with Crippen molar-refractivity contribution >= 4 is 5.97 Å². The molecule has 0 heterocycles. The molecule has 0 aliphatic heterocycles. The van der Waals surface area contributed by atoms with Gasteiger partial charge in [-0.25, -0.2) is 0 Å². The van der Waals surface area contributed by atoms with Crippen molar-refractivity contribution in [2.24, 2.45) is 11.8 Å². The number of hydrogen-bond donors (Lipinski definition) is 2. The van der Waals surface area contributed by atoms with Gasteiger partial charge in [0.15, 0.2) is 0 Å². The smallest absolute Gasteiger partial charge is 0.306 e. The predicted molar refractivity (Wildman–Crippen MR) is 71.7 cm³/mol. The van der Waals surface area contributed by atoms with Gasteiger partial charge in [0.05, 0.1) is 12.5 Å². The fourth-order valence-electron chi connectivity index (χ4n) is 2.56. The minimum Gasteiger partial charge on any atom is -0.481 e. The van der Waals surface area contributed by atoms with Crippen LogP contribution in [-0.4, -0.2) is 37.4 Å². The van der Waals surface area contributed by atoms with Gasteiger partial charge in [-0.05, 0) is 31.7 Å². The molecule has 2 unspecified atom stereocenters. The van der Waals surface area contributed by atoms with Crippen molar-refractivity contribution in [3.63, 3.8) is 0 Å². The van der Waals surface area contributed by atoms with E-state index in [1.807, 2.05) is 0 Å². The van der Waals surface area contributed by atoms with E-state index in [1.165, 1.54) is 6.42 Å². The van der Waals surface area contributed by atoms with Gasteiger partial charge in [-0.1, -0.05) is 26.2 Å².